The number of hydrogen-bond donors (Lipinski definition) is 1. The summed E-state index contributed by atoms with van der Waals surface area (Å²) < 4.78 is 21.3. The molecule has 0 radical (unpaired) electrons. The summed E-state index contributed by atoms with van der Waals surface area (Å²) in [5.74, 6) is -1.53. The first kappa shape index (κ1) is 25.6. The lowest BCUT2D eigenvalue weighted by molar-refractivity contribution is -0.152. The molecule has 2 unspecified atom stereocenters. The van der Waals surface area contributed by atoms with E-state index < -0.39 is 36.4 Å². The Balaban J connectivity index is 1.63. The Morgan fingerprint density at radius 2 is 1.91 bits per heavy atom. The number of esters is 1. The molecule has 7 nitrogen and oxygen atoms in total. The number of aryl methyl sites for hydroxylation is 1. The van der Waals surface area contributed by atoms with Gasteiger partial charge in [0, 0.05) is 36.5 Å². The van der Waals surface area contributed by atoms with Crippen molar-refractivity contribution < 1.29 is 28.6 Å². The molecule has 1 aliphatic heterocycles. The number of rotatable bonds is 9. The third-order valence-corrected chi connectivity index (χ3v) is 6.32. The second-order valence-corrected chi connectivity index (χ2v) is 9.37. The molecule has 1 N–H and O–H groups in total. The van der Waals surface area contributed by atoms with Crippen LogP contribution in [0.15, 0.2) is 30.3 Å². The van der Waals surface area contributed by atoms with Crippen molar-refractivity contribution in [2.24, 2.45) is 5.92 Å². The molecule has 3 rings (SSSR count). The van der Waals surface area contributed by atoms with Crippen molar-refractivity contribution in [1.29, 1.82) is 0 Å². The first-order chi connectivity index (χ1) is 16.1. The number of carbonyl (C=O) groups is 3. The van der Waals surface area contributed by atoms with Gasteiger partial charge in [0.15, 0.2) is 6.61 Å². The van der Waals surface area contributed by atoms with Gasteiger partial charge >= 0.3 is 5.97 Å². The number of Topliss-reactive ketones (excluding diaryl/α,β-unsaturated/α-hetero) is 1. The summed E-state index contributed by atoms with van der Waals surface area (Å²) in [5.41, 5.74) is 2.52. The molecule has 2 aromatic rings. The Kier molecular flexibility index (Phi) is 8.25. The predicted molar refractivity (Wildman–Crippen MR) is 125 cm³/mol. The Morgan fingerprint density at radius 1 is 1.21 bits per heavy atom. The van der Waals surface area contributed by atoms with Gasteiger partial charge in [-0.05, 0) is 43.9 Å². The maximum atomic E-state index is 13.9. The number of benzene rings is 1. The monoisotopic (exact) mass is 472 g/mol. The van der Waals surface area contributed by atoms with Gasteiger partial charge in [0.2, 0.25) is 11.7 Å². The van der Waals surface area contributed by atoms with Crippen molar-refractivity contribution >= 4 is 17.7 Å². The number of likely N-dealkylation sites (tertiary alicyclic amines) is 1. The number of ketones is 1. The number of β-amino-alcohol motifs (C(OH)–C–C–N with tert-alkyl or cyclic N) is 1. The molecule has 34 heavy (non-hydrogen) atoms. The van der Waals surface area contributed by atoms with E-state index in [1.165, 1.54) is 23.1 Å². The Hall–Kier alpha value is -3.00. The van der Waals surface area contributed by atoms with Gasteiger partial charge in [-0.15, -0.1) is 0 Å². The molecule has 0 saturated carbocycles. The largest absolute Gasteiger partial charge is 0.456 e. The minimum Gasteiger partial charge on any atom is -0.456 e. The maximum Gasteiger partial charge on any atom is 0.329 e. The van der Waals surface area contributed by atoms with Gasteiger partial charge in [0.1, 0.15) is 11.9 Å². The molecule has 0 aliphatic carbocycles. The Bertz CT molecular complexity index is 1060. The molecule has 2 heterocycles. The van der Waals surface area contributed by atoms with Crippen molar-refractivity contribution in [2.75, 3.05) is 13.2 Å². The van der Waals surface area contributed by atoms with Crippen LogP contribution in [0.4, 0.5) is 4.39 Å². The number of halogens is 1. The number of hydrogen-bond acceptors (Lipinski definition) is 5. The highest BCUT2D eigenvalue weighted by atomic mass is 19.1. The van der Waals surface area contributed by atoms with E-state index in [4.69, 9.17) is 4.74 Å². The van der Waals surface area contributed by atoms with Crippen LogP contribution < -0.4 is 0 Å². The molecule has 1 saturated heterocycles. The second-order valence-electron chi connectivity index (χ2n) is 9.37. The van der Waals surface area contributed by atoms with Gasteiger partial charge in [-0.1, -0.05) is 32.0 Å². The molecular formula is C26H33FN2O5. The number of amides is 1. The molecule has 1 aromatic carbocycles. The van der Waals surface area contributed by atoms with Gasteiger partial charge < -0.3 is 19.3 Å². The van der Waals surface area contributed by atoms with E-state index in [2.05, 4.69) is 18.4 Å². The SMILES string of the molecule is Cc1cc(C(=O)COC(=O)C2CC(O)CN2C(=O)Cc2ccccc2F)c(C)n1CCC(C)C. The van der Waals surface area contributed by atoms with Crippen LogP contribution in [0, 0.1) is 25.6 Å². The predicted octanol–water partition coefficient (Wildman–Crippen LogP) is 3.22. The third-order valence-electron chi connectivity index (χ3n) is 6.32. The average molecular weight is 473 g/mol. The van der Waals surface area contributed by atoms with E-state index in [0.29, 0.717) is 11.5 Å². The van der Waals surface area contributed by atoms with Crippen LogP contribution in [0.2, 0.25) is 0 Å². The summed E-state index contributed by atoms with van der Waals surface area (Å²) in [7, 11) is 0. The van der Waals surface area contributed by atoms with Crippen molar-refractivity contribution in [2.45, 2.75) is 65.6 Å². The van der Waals surface area contributed by atoms with Gasteiger partial charge in [-0.2, -0.15) is 0 Å². The average Bonchev–Trinajstić information content (AvgIpc) is 3.31. The fraction of sp³-hybridized carbons (Fsp3) is 0.500. The van der Waals surface area contributed by atoms with E-state index in [0.717, 1.165) is 24.4 Å². The van der Waals surface area contributed by atoms with Gasteiger partial charge in [0.25, 0.3) is 0 Å². The second kappa shape index (κ2) is 11.0. The zero-order valence-electron chi connectivity index (χ0n) is 20.2. The van der Waals surface area contributed by atoms with Crippen LogP contribution in [0.25, 0.3) is 0 Å². The first-order valence-corrected chi connectivity index (χ1v) is 11.7. The topological polar surface area (TPSA) is 88.8 Å². The minimum atomic E-state index is -1.01. The van der Waals surface area contributed by atoms with E-state index in [-0.39, 0.29) is 30.7 Å². The Labute approximate surface area is 199 Å². The smallest absolute Gasteiger partial charge is 0.329 e. The van der Waals surface area contributed by atoms with E-state index in [1.807, 2.05) is 13.8 Å². The third kappa shape index (κ3) is 5.91. The van der Waals surface area contributed by atoms with Crippen LogP contribution in [-0.4, -0.2) is 57.5 Å². The summed E-state index contributed by atoms with van der Waals surface area (Å²) in [5, 5.41) is 10.1. The standard InChI is InChI=1S/C26H33FN2O5/c1-16(2)9-10-28-17(3)11-21(18(28)4)24(31)15-34-26(33)23-13-20(30)14-29(23)25(32)12-19-7-5-6-8-22(19)27/h5-8,11,16,20,23,30H,9-10,12-15H2,1-4H3. The van der Waals surface area contributed by atoms with E-state index in [9.17, 15) is 23.9 Å². The van der Waals surface area contributed by atoms with Crippen LogP contribution in [0.5, 0.6) is 0 Å². The molecule has 1 amide bonds. The lowest BCUT2D eigenvalue weighted by Gasteiger charge is -2.23. The summed E-state index contributed by atoms with van der Waals surface area (Å²) in [6.07, 6.45) is -0.123. The number of ether oxygens (including phenoxy) is 1. The summed E-state index contributed by atoms with van der Waals surface area (Å²) >= 11 is 0. The molecule has 8 heteroatoms. The molecular weight excluding hydrogens is 439 g/mol. The van der Waals surface area contributed by atoms with Crippen molar-refractivity contribution in [3.8, 4) is 0 Å². The zero-order valence-corrected chi connectivity index (χ0v) is 20.2. The number of aliphatic hydroxyl groups excluding tert-OH is 1. The molecule has 1 aliphatic rings. The summed E-state index contributed by atoms with van der Waals surface area (Å²) in [4.78, 5) is 39.5. The highest BCUT2D eigenvalue weighted by Gasteiger charge is 2.40. The van der Waals surface area contributed by atoms with Crippen LogP contribution in [0.3, 0.4) is 0 Å². The fourth-order valence-electron chi connectivity index (χ4n) is 4.34. The maximum absolute atomic E-state index is 13.9. The van der Waals surface area contributed by atoms with Crippen LogP contribution in [0.1, 0.15) is 54.0 Å². The van der Waals surface area contributed by atoms with Crippen LogP contribution in [-0.2, 0) is 27.3 Å². The Morgan fingerprint density at radius 3 is 2.59 bits per heavy atom. The number of aromatic nitrogens is 1. The minimum absolute atomic E-state index is 0.0136. The molecule has 184 valence electrons. The zero-order chi connectivity index (χ0) is 25.0. The number of nitrogens with zero attached hydrogens (tertiary/aromatic N) is 2. The number of carbonyl (C=O) groups excluding carboxylic acids is 3. The molecule has 2 atom stereocenters. The quantitative estimate of drug-likeness (QED) is 0.447. The van der Waals surface area contributed by atoms with Gasteiger partial charge in [0.05, 0.1) is 12.5 Å². The lowest BCUT2D eigenvalue weighted by Crippen LogP contribution is -2.42. The normalized spacial score (nSPS) is 17.9. The van der Waals surface area contributed by atoms with Crippen LogP contribution >= 0.6 is 0 Å². The van der Waals surface area contributed by atoms with Gasteiger partial charge in [-0.25, -0.2) is 9.18 Å². The van der Waals surface area contributed by atoms with Crippen molar-refractivity contribution in [3.05, 3.63) is 58.7 Å². The highest BCUT2D eigenvalue weighted by Crippen LogP contribution is 2.22. The van der Waals surface area contributed by atoms with E-state index >= 15 is 0 Å². The van der Waals surface area contributed by atoms with E-state index in [1.54, 1.807) is 12.1 Å². The van der Waals surface area contributed by atoms with Crippen molar-refractivity contribution in [1.82, 2.24) is 9.47 Å². The van der Waals surface area contributed by atoms with Gasteiger partial charge in [-0.3, -0.25) is 9.59 Å². The first-order valence-electron chi connectivity index (χ1n) is 11.7. The molecule has 1 fully saturated rings. The molecule has 1 aromatic heterocycles. The number of aliphatic hydroxyl groups is 1. The lowest BCUT2D eigenvalue weighted by atomic mass is 10.1. The summed E-state index contributed by atoms with van der Waals surface area (Å²) in [6.45, 7) is 8.41. The summed E-state index contributed by atoms with van der Waals surface area (Å²) in [6, 6.07) is 6.71. The molecule has 0 bridgehead atoms. The van der Waals surface area contributed by atoms with Crippen molar-refractivity contribution in [3.63, 3.8) is 0 Å². The molecule has 0 spiro atoms. The highest BCUT2D eigenvalue weighted by molar-refractivity contribution is 5.99. The fourth-order valence-corrected chi connectivity index (χ4v) is 4.34.